The molecule has 5 nitrogen and oxygen atoms in total. The first-order chi connectivity index (χ1) is 19.2. The fourth-order valence-electron chi connectivity index (χ4n) is 4.92. The van der Waals surface area contributed by atoms with Gasteiger partial charge in [0.15, 0.2) is 0 Å². The molecular weight excluding hydrogens is 623 g/mol. The Hall–Kier alpha value is -2.40. The third-order valence-corrected chi connectivity index (χ3v) is 7.29. The molecule has 0 unspecified atom stereocenters. The number of carbonyl (C=O) groups excluding carboxylic acids is 1. The number of aliphatic hydroxyl groups is 1. The molecule has 1 amide bonds. The van der Waals surface area contributed by atoms with Gasteiger partial charge in [-0.1, -0.05) is 37.6 Å². The Morgan fingerprint density at radius 1 is 0.950 bits per heavy atom. The molecule has 3 aromatic carbocycles. The molecule has 3 rings (SSSR count). The molecule has 0 aromatic heterocycles. The van der Waals surface area contributed by atoms with Crippen LogP contribution in [-0.2, 0) is 19.5 Å². The van der Waals surface area contributed by atoms with Gasteiger partial charge < -0.3 is 15.7 Å². The summed E-state index contributed by atoms with van der Waals surface area (Å²) in [4.78, 5) is 15.8. The first-order valence-electron chi connectivity index (χ1n) is 13.9. The van der Waals surface area contributed by atoms with E-state index >= 15 is 0 Å². The molecule has 3 N–H and O–H groups in total. The van der Waals surface area contributed by atoms with Crippen LogP contribution in [0.4, 0.5) is 8.78 Å². The lowest BCUT2D eigenvalue weighted by Crippen LogP contribution is -2.48. The minimum atomic E-state index is -0.994. The summed E-state index contributed by atoms with van der Waals surface area (Å²) >= 11 is 2.25. The first-order valence-corrected chi connectivity index (χ1v) is 15.0. The number of benzene rings is 3. The van der Waals surface area contributed by atoms with Gasteiger partial charge in [0.05, 0.1) is 12.1 Å². The molecule has 0 aliphatic heterocycles. The van der Waals surface area contributed by atoms with E-state index in [1.807, 2.05) is 43.3 Å². The fraction of sp³-hybridized carbons (Fsp3) is 0.406. The SMILES string of the molecule is CCCN(CCC)Cc1cc(C)cc(C(=O)N[C@@H](Cc2cc(F)cc(F)c2)[C@@H](O)CNCc2cccc(I)c2)c1. The standard InChI is InChI=1S/C32H40F2IN3O2/c1-4-9-38(10-5-2)21-25-11-22(3)12-26(13-25)32(40)37-30(17-24-14-27(33)18-28(34)15-24)31(39)20-36-19-23-7-6-8-29(35)16-23/h6-8,11-16,18,30-31,36,39H,4-5,9-10,17,19-21H2,1-3H3,(H,37,40)/t30-,31-/m0/s1. The van der Waals surface area contributed by atoms with Crippen molar-refractivity contribution in [1.29, 1.82) is 0 Å². The number of hydrogen-bond acceptors (Lipinski definition) is 4. The number of carbonyl (C=O) groups is 1. The van der Waals surface area contributed by atoms with Crippen molar-refractivity contribution in [3.63, 3.8) is 0 Å². The van der Waals surface area contributed by atoms with E-state index in [4.69, 9.17) is 0 Å². The minimum Gasteiger partial charge on any atom is -0.390 e. The van der Waals surface area contributed by atoms with E-state index in [0.717, 1.165) is 58.8 Å². The smallest absolute Gasteiger partial charge is 0.251 e. The number of amides is 1. The highest BCUT2D eigenvalue weighted by Crippen LogP contribution is 2.16. The first kappa shape index (κ1) is 32.1. The van der Waals surface area contributed by atoms with Crippen LogP contribution in [0.15, 0.2) is 60.7 Å². The van der Waals surface area contributed by atoms with Crippen LogP contribution in [0, 0.1) is 22.1 Å². The van der Waals surface area contributed by atoms with Crippen molar-refractivity contribution >= 4 is 28.5 Å². The maximum absolute atomic E-state index is 13.9. The third-order valence-electron chi connectivity index (χ3n) is 6.62. The van der Waals surface area contributed by atoms with Crippen LogP contribution >= 0.6 is 22.6 Å². The summed E-state index contributed by atoms with van der Waals surface area (Å²) in [5, 5.41) is 17.3. The van der Waals surface area contributed by atoms with E-state index in [2.05, 4.69) is 58.0 Å². The number of aryl methyl sites for hydroxylation is 1. The molecule has 3 aromatic rings. The van der Waals surface area contributed by atoms with Gasteiger partial charge in [0.1, 0.15) is 11.6 Å². The largest absolute Gasteiger partial charge is 0.390 e. The molecule has 40 heavy (non-hydrogen) atoms. The maximum Gasteiger partial charge on any atom is 0.251 e. The predicted octanol–water partition coefficient (Wildman–Crippen LogP) is 5.99. The van der Waals surface area contributed by atoms with Crippen LogP contribution in [0.2, 0.25) is 0 Å². The summed E-state index contributed by atoms with van der Waals surface area (Å²) in [6.45, 7) is 9.72. The molecule has 216 valence electrons. The van der Waals surface area contributed by atoms with Gasteiger partial charge in [-0.3, -0.25) is 9.69 Å². The quantitative estimate of drug-likeness (QED) is 0.175. The molecule has 0 bridgehead atoms. The summed E-state index contributed by atoms with van der Waals surface area (Å²) in [5.41, 5.74) is 3.95. The summed E-state index contributed by atoms with van der Waals surface area (Å²) in [7, 11) is 0. The van der Waals surface area contributed by atoms with Crippen LogP contribution in [0.1, 0.15) is 59.3 Å². The lowest BCUT2D eigenvalue weighted by Gasteiger charge is -2.25. The zero-order valence-corrected chi connectivity index (χ0v) is 25.7. The second-order valence-corrected chi connectivity index (χ2v) is 11.6. The van der Waals surface area contributed by atoms with Crippen molar-refractivity contribution in [1.82, 2.24) is 15.5 Å². The normalized spacial score (nSPS) is 12.9. The number of halogens is 3. The highest BCUT2D eigenvalue weighted by Gasteiger charge is 2.23. The number of rotatable bonds is 15. The molecule has 0 spiro atoms. The molecule has 0 saturated carbocycles. The number of nitrogens with zero attached hydrogens (tertiary/aromatic N) is 1. The van der Waals surface area contributed by atoms with Crippen molar-refractivity contribution in [3.8, 4) is 0 Å². The van der Waals surface area contributed by atoms with Gasteiger partial charge in [-0.05, 0) is 115 Å². The monoisotopic (exact) mass is 663 g/mol. The Labute approximate surface area is 250 Å². The fourth-order valence-corrected chi connectivity index (χ4v) is 5.52. The molecule has 0 heterocycles. The van der Waals surface area contributed by atoms with Gasteiger partial charge >= 0.3 is 0 Å². The van der Waals surface area contributed by atoms with E-state index in [9.17, 15) is 18.7 Å². The van der Waals surface area contributed by atoms with Gasteiger partial charge in [-0.15, -0.1) is 0 Å². The van der Waals surface area contributed by atoms with Crippen molar-refractivity contribution in [2.75, 3.05) is 19.6 Å². The van der Waals surface area contributed by atoms with Crippen LogP contribution < -0.4 is 10.6 Å². The maximum atomic E-state index is 13.9. The lowest BCUT2D eigenvalue weighted by atomic mass is 9.99. The van der Waals surface area contributed by atoms with Crippen LogP contribution in [0.5, 0.6) is 0 Å². The van der Waals surface area contributed by atoms with Gasteiger partial charge in [0.25, 0.3) is 5.91 Å². The molecule has 0 aliphatic rings. The van der Waals surface area contributed by atoms with Crippen LogP contribution in [-0.4, -0.2) is 47.7 Å². The average molecular weight is 664 g/mol. The van der Waals surface area contributed by atoms with Crippen molar-refractivity contribution < 1.29 is 18.7 Å². The van der Waals surface area contributed by atoms with E-state index in [1.54, 1.807) is 0 Å². The number of nitrogens with one attached hydrogen (secondary N) is 2. The highest BCUT2D eigenvalue weighted by molar-refractivity contribution is 14.1. The second kappa shape index (κ2) is 16.1. The van der Waals surface area contributed by atoms with Crippen molar-refractivity contribution in [2.24, 2.45) is 0 Å². The molecule has 8 heteroatoms. The Morgan fingerprint density at radius 3 is 2.30 bits per heavy atom. The van der Waals surface area contributed by atoms with E-state index in [1.165, 1.54) is 12.1 Å². The molecular formula is C32H40F2IN3O2. The zero-order chi connectivity index (χ0) is 29.1. The average Bonchev–Trinajstić information content (AvgIpc) is 2.87. The summed E-state index contributed by atoms with van der Waals surface area (Å²) < 4.78 is 29.0. The molecule has 0 radical (unpaired) electrons. The van der Waals surface area contributed by atoms with E-state index in [0.29, 0.717) is 17.7 Å². The van der Waals surface area contributed by atoms with E-state index < -0.39 is 23.8 Å². The van der Waals surface area contributed by atoms with Crippen LogP contribution in [0.3, 0.4) is 0 Å². The molecule has 2 atom stereocenters. The molecule has 0 fully saturated rings. The Bertz CT molecular complexity index is 1230. The molecule has 0 saturated heterocycles. The number of aliphatic hydroxyl groups excluding tert-OH is 1. The third kappa shape index (κ3) is 10.5. The highest BCUT2D eigenvalue weighted by atomic mass is 127. The second-order valence-electron chi connectivity index (χ2n) is 10.4. The topological polar surface area (TPSA) is 64.6 Å². The van der Waals surface area contributed by atoms with Gasteiger partial charge in [0, 0.05) is 34.8 Å². The summed E-state index contributed by atoms with van der Waals surface area (Å²) in [6.07, 6.45) is 1.19. The van der Waals surface area contributed by atoms with Gasteiger partial charge in [-0.2, -0.15) is 0 Å². The lowest BCUT2D eigenvalue weighted by molar-refractivity contribution is 0.0829. The Morgan fingerprint density at radius 2 is 1.65 bits per heavy atom. The van der Waals surface area contributed by atoms with Gasteiger partial charge in [-0.25, -0.2) is 8.78 Å². The minimum absolute atomic E-state index is 0.0754. The Kier molecular flexibility index (Phi) is 13.0. The summed E-state index contributed by atoms with van der Waals surface area (Å²) in [6, 6.07) is 16.3. The zero-order valence-electron chi connectivity index (χ0n) is 23.5. The van der Waals surface area contributed by atoms with Crippen molar-refractivity contribution in [3.05, 3.63) is 104 Å². The van der Waals surface area contributed by atoms with Crippen molar-refractivity contribution in [2.45, 2.75) is 65.3 Å². The predicted molar refractivity (Wildman–Crippen MR) is 165 cm³/mol. The Balaban J connectivity index is 1.77. The summed E-state index contributed by atoms with van der Waals surface area (Å²) in [5.74, 6) is -1.72. The van der Waals surface area contributed by atoms with E-state index in [-0.39, 0.29) is 18.9 Å². The van der Waals surface area contributed by atoms with Gasteiger partial charge in [0.2, 0.25) is 0 Å². The van der Waals surface area contributed by atoms with Crippen LogP contribution in [0.25, 0.3) is 0 Å². The molecule has 0 aliphatic carbocycles. The number of hydrogen-bond donors (Lipinski definition) is 3.